The monoisotopic (exact) mass is 261 g/mol. The zero-order valence-corrected chi connectivity index (χ0v) is 10.9. The van der Waals surface area contributed by atoms with Crippen molar-refractivity contribution in [3.63, 3.8) is 0 Å². The molecule has 94 valence electrons. The van der Waals surface area contributed by atoms with Gasteiger partial charge in [-0.15, -0.1) is 0 Å². The van der Waals surface area contributed by atoms with Crippen LogP contribution < -0.4 is 5.32 Å². The summed E-state index contributed by atoms with van der Waals surface area (Å²) in [5.41, 5.74) is 1.94. The summed E-state index contributed by atoms with van der Waals surface area (Å²) >= 11 is 1.50. The fourth-order valence-corrected chi connectivity index (χ4v) is 1.93. The van der Waals surface area contributed by atoms with Crippen LogP contribution in [-0.2, 0) is 0 Å². The number of hydrogen-bond donors (Lipinski definition) is 2. The predicted molar refractivity (Wildman–Crippen MR) is 74.8 cm³/mol. The highest BCUT2D eigenvalue weighted by atomic mass is 32.2. The Labute approximate surface area is 110 Å². The largest absolute Gasteiger partial charge is 0.395 e. The van der Waals surface area contributed by atoms with Gasteiger partial charge in [0.2, 0.25) is 0 Å². The fourth-order valence-electron chi connectivity index (χ4n) is 1.55. The molecule has 2 aromatic rings. The van der Waals surface area contributed by atoms with Gasteiger partial charge in [0.25, 0.3) is 0 Å². The highest BCUT2D eigenvalue weighted by Crippen LogP contribution is 2.22. The molecule has 0 saturated carbocycles. The Morgan fingerprint density at radius 3 is 2.67 bits per heavy atom. The van der Waals surface area contributed by atoms with Crippen LogP contribution in [0.5, 0.6) is 0 Å². The second-order valence-corrected chi connectivity index (χ2v) is 4.41. The maximum Gasteiger partial charge on any atom is 0.189 e. The summed E-state index contributed by atoms with van der Waals surface area (Å²) in [6, 6.07) is 11.9. The molecule has 2 N–H and O–H groups in total. The van der Waals surface area contributed by atoms with Gasteiger partial charge in [-0.25, -0.2) is 9.97 Å². The number of rotatable bonds is 5. The third-order valence-corrected chi connectivity index (χ3v) is 2.92. The first kappa shape index (κ1) is 12.9. The van der Waals surface area contributed by atoms with E-state index in [0.29, 0.717) is 6.54 Å². The number of nitrogens with one attached hydrogen (secondary N) is 1. The molecule has 2 rings (SSSR count). The molecule has 0 aliphatic heterocycles. The van der Waals surface area contributed by atoms with Crippen LogP contribution >= 0.6 is 11.8 Å². The lowest BCUT2D eigenvalue weighted by Gasteiger charge is -2.08. The van der Waals surface area contributed by atoms with Crippen molar-refractivity contribution in [3.05, 3.63) is 36.4 Å². The number of thioether (sulfide) groups is 1. The molecule has 0 atom stereocenters. The van der Waals surface area contributed by atoms with Crippen LogP contribution in [0.25, 0.3) is 11.3 Å². The van der Waals surface area contributed by atoms with Crippen LogP contribution in [0.2, 0.25) is 0 Å². The summed E-state index contributed by atoms with van der Waals surface area (Å²) in [5.74, 6) is 0.738. The Bertz CT molecular complexity index is 505. The van der Waals surface area contributed by atoms with Gasteiger partial charge in [-0.3, -0.25) is 0 Å². The quantitative estimate of drug-likeness (QED) is 0.638. The first-order valence-electron chi connectivity index (χ1n) is 5.66. The van der Waals surface area contributed by atoms with Gasteiger partial charge < -0.3 is 10.4 Å². The predicted octanol–water partition coefficient (Wildman–Crippen LogP) is 2.27. The van der Waals surface area contributed by atoms with Gasteiger partial charge in [0.1, 0.15) is 5.82 Å². The van der Waals surface area contributed by atoms with E-state index in [0.717, 1.165) is 22.2 Å². The third kappa shape index (κ3) is 3.21. The summed E-state index contributed by atoms with van der Waals surface area (Å²) in [7, 11) is 0. The van der Waals surface area contributed by atoms with E-state index in [1.807, 2.05) is 42.7 Å². The van der Waals surface area contributed by atoms with Crippen molar-refractivity contribution in [1.82, 2.24) is 9.97 Å². The molecular weight excluding hydrogens is 246 g/mol. The van der Waals surface area contributed by atoms with Crippen molar-refractivity contribution >= 4 is 17.6 Å². The Morgan fingerprint density at radius 1 is 1.22 bits per heavy atom. The Hall–Kier alpha value is -1.59. The number of benzene rings is 1. The molecule has 0 spiro atoms. The molecule has 0 bridgehead atoms. The summed E-state index contributed by atoms with van der Waals surface area (Å²) in [5, 5.41) is 12.6. The average molecular weight is 261 g/mol. The fraction of sp³-hybridized carbons (Fsp3) is 0.231. The van der Waals surface area contributed by atoms with Crippen molar-refractivity contribution in [1.29, 1.82) is 0 Å². The van der Waals surface area contributed by atoms with E-state index in [9.17, 15) is 0 Å². The van der Waals surface area contributed by atoms with Crippen molar-refractivity contribution in [3.8, 4) is 11.3 Å². The van der Waals surface area contributed by atoms with Crippen molar-refractivity contribution in [2.45, 2.75) is 5.16 Å². The Morgan fingerprint density at radius 2 is 2.00 bits per heavy atom. The lowest BCUT2D eigenvalue weighted by atomic mass is 10.1. The molecule has 0 unspecified atom stereocenters. The van der Waals surface area contributed by atoms with Crippen molar-refractivity contribution in [2.24, 2.45) is 0 Å². The van der Waals surface area contributed by atoms with E-state index >= 15 is 0 Å². The number of aliphatic hydroxyl groups excluding tert-OH is 1. The first-order chi connectivity index (χ1) is 8.83. The average Bonchev–Trinajstić information content (AvgIpc) is 2.45. The molecule has 5 heteroatoms. The highest BCUT2D eigenvalue weighted by molar-refractivity contribution is 7.98. The molecule has 0 aliphatic carbocycles. The maximum atomic E-state index is 8.83. The number of nitrogens with zero attached hydrogens (tertiary/aromatic N) is 2. The van der Waals surface area contributed by atoms with E-state index in [1.54, 1.807) is 0 Å². The Balaban J connectivity index is 2.35. The number of hydrogen-bond acceptors (Lipinski definition) is 5. The van der Waals surface area contributed by atoms with E-state index in [4.69, 9.17) is 5.11 Å². The minimum absolute atomic E-state index is 0.0826. The smallest absolute Gasteiger partial charge is 0.189 e. The maximum absolute atomic E-state index is 8.83. The first-order valence-corrected chi connectivity index (χ1v) is 6.89. The zero-order chi connectivity index (χ0) is 12.8. The standard InChI is InChI=1S/C13H15N3OS/c1-18-13-15-11(10-5-3-2-4-6-10)9-12(16-13)14-7-8-17/h2-6,9,17H,7-8H2,1H3,(H,14,15,16). The van der Waals surface area contributed by atoms with Crippen LogP contribution in [0.15, 0.2) is 41.6 Å². The highest BCUT2D eigenvalue weighted by Gasteiger charge is 2.05. The third-order valence-electron chi connectivity index (χ3n) is 2.38. The molecule has 18 heavy (non-hydrogen) atoms. The summed E-state index contributed by atoms with van der Waals surface area (Å²) < 4.78 is 0. The molecular formula is C13H15N3OS. The second-order valence-electron chi connectivity index (χ2n) is 3.64. The number of aromatic nitrogens is 2. The van der Waals surface area contributed by atoms with E-state index in [2.05, 4.69) is 15.3 Å². The Kier molecular flexibility index (Phi) is 4.55. The molecule has 0 radical (unpaired) electrons. The van der Waals surface area contributed by atoms with Crippen LogP contribution in [0, 0.1) is 0 Å². The summed E-state index contributed by atoms with van der Waals surface area (Å²) in [6.45, 7) is 0.568. The topological polar surface area (TPSA) is 58.0 Å². The van der Waals surface area contributed by atoms with Gasteiger partial charge in [0.05, 0.1) is 12.3 Å². The number of anilines is 1. The normalized spacial score (nSPS) is 10.3. The lowest BCUT2D eigenvalue weighted by molar-refractivity contribution is 0.311. The van der Waals surface area contributed by atoms with E-state index in [1.165, 1.54) is 11.8 Å². The summed E-state index contributed by atoms with van der Waals surface area (Å²) in [6.07, 6.45) is 1.94. The van der Waals surface area contributed by atoms with Crippen molar-refractivity contribution in [2.75, 3.05) is 24.7 Å². The molecule has 1 heterocycles. The molecule has 1 aromatic carbocycles. The van der Waals surface area contributed by atoms with Crippen LogP contribution in [0.1, 0.15) is 0 Å². The van der Waals surface area contributed by atoms with Gasteiger partial charge >= 0.3 is 0 Å². The molecule has 4 nitrogen and oxygen atoms in total. The lowest BCUT2D eigenvalue weighted by Crippen LogP contribution is -2.08. The van der Waals surface area contributed by atoms with E-state index in [-0.39, 0.29) is 6.61 Å². The minimum atomic E-state index is 0.0826. The molecule has 1 aromatic heterocycles. The van der Waals surface area contributed by atoms with Gasteiger partial charge in [-0.2, -0.15) is 0 Å². The van der Waals surface area contributed by atoms with E-state index < -0.39 is 0 Å². The minimum Gasteiger partial charge on any atom is -0.395 e. The van der Waals surface area contributed by atoms with Gasteiger partial charge in [-0.05, 0) is 6.26 Å². The van der Waals surface area contributed by atoms with Crippen LogP contribution in [-0.4, -0.2) is 34.5 Å². The summed E-state index contributed by atoms with van der Waals surface area (Å²) in [4.78, 5) is 8.82. The van der Waals surface area contributed by atoms with Crippen LogP contribution in [0.4, 0.5) is 5.82 Å². The SMILES string of the molecule is CSc1nc(NCCO)cc(-c2ccccc2)n1. The van der Waals surface area contributed by atoms with Gasteiger partial charge in [0, 0.05) is 18.2 Å². The molecule has 0 saturated heterocycles. The zero-order valence-electron chi connectivity index (χ0n) is 10.1. The van der Waals surface area contributed by atoms with Gasteiger partial charge in [-0.1, -0.05) is 42.1 Å². The number of aliphatic hydroxyl groups is 1. The van der Waals surface area contributed by atoms with Crippen molar-refractivity contribution < 1.29 is 5.11 Å². The molecule has 0 fully saturated rings. The van der Waals surface area contributed by atoms with Gasteiger partial charge in [0.15, 0.2) is 5.16 Å². The molecule has 0 aliphatic rings. The molecule has 0 amide bonds. The second kappa shape index (κ2) is 6.37. The van der Waals surface area contributed by atoms with Crippen LogP contribution in [0.3, 0.4) is 0 Å².